The van der Waals surface area contributed by atoms with Crippen molar-refractivity contribution < 1.29 is 0 Å². The van der Waals surface area contributed by atoms with Gasteiger partial charge in [0.25, 0.3) is 0 Å². The normalized spacial score (nSPS) is 12.4. The van der Waals surface area contributed by atoms with Crippen LogP contribution in [-0.4, -0.2) is 13.6 Å². The molecule has 0 heterocycles. The largest absolute Gasteiger partial charge is 0.320 e. The summed E-state index contributed by atoms with van der Waals surface area (Å²) in [6.07, 6.45) is 9.90. The van der Waals surface area contributed by atoms with Crippen molar-refractivity contribution in [3.63, 3.8) is 0 Å². The molecule has 0 aromatic carbocycles. The molecule has 0 atom stereocenters. The predicted molar refractivity (Wildman–Crippen MR) is 65.5 cm³/mol. The first-order valence-electron chi connectivity index (χ1n) is 5.34. The third-order valence-electron chi connectivity index (χ3n) is 2.21. The molecule has 0 aromatic rings. The molecule has 0 aliphatic heterocycles. The second kappa shape index (κ2) is 8.76. The average Bonchev–Trinajstić information content (AvgIpc) is 2.21. The lowest BCUT2D eigenvalue weighted by molar-refractivity contribution is 0.679. The summed E-state index contributed by atoms with van der Waals surface area (Å²) in [7, 11) is 1.99. The lowest BCUT2D eigenvalue weighted by Gasteiger charge is -2.00. The fourth-order valence-corrected chi connectivity index (χ4v) is 1.08. The fraction of sp³-hybridized carbons (Fsp3) is 0.538. The van der Waals surface area contributed by atoms with Gasteiger partial charge in [-0.1, -0.05) is 36.0 Å². The number of allylic oxidation sites excluding steroid dienone is 5. The minimum atomic E-state index is 1.10. The number of nitrogens with one attached hydrogen (secondary N) is 1. The Morgan fingerprint density at radius 1 is 1.29 bits per heavy atom. The Hall–Kier alpha value is -0.820. The van der Waals surface area contributed by atoms with Crippen molar-refractivity contribution in [3.05, 3.63) is 36.0 Å². The molecule has 14 heavy (non-hydrogen) atoms. The SMILES string of the molecule is C=C(/C=C\C(C)=C/C)CCCCNC. The van der Waals surface area contributed by atoms with Gasteiger partial charge in [-0.15, -0.1) is 0 Å². The maximum Gasteiger partial charge on any atom is -0.00518 e. The summed E-state index contributed by atoms with van der Waals surface area (Å²) >= 11 is 0. The quantitative estimate of drug-likeness (QED) is 0.482. The zero-order valence-electron chi connectivity index (χ0n) is 9.77. The second-order valence-electron chi connectivity index (χ2n) is 3.58. The minimum absolute atomic E-state index is 1.10. The van der Waals surface area contributed by atoms with E-state index in [0.717, 1.165) is 13.0 Å². The van der Waals surface area contributed by atoms with E-state index in [0.29, 0.717) is 0 Å². The van der Waals surface area contributed by atoms with E-state index in [4.69, 9.17) is 0 Å². The van der Waals surface area contributed by atoms with Gasteiger partial charge in [0, 0.05) is 0 Å². The molecular weight excluding hydrogens is 170 g/mol. The highest BCUT2D eigenvalue weighted by molar-refractivity contribution is 5.24. The smallest absolute Gasteiger partial charge is 0.00518 e. The second-order valence-corrected chi connectivity index (χ2v) is 3.58. The Morgan fingerprint density at radius 2 is 2.00 bits per heavy atom. The Balaban J connectivity index is 3.60. The molecule has 0 radical (unpaired) electrons. The molecule has 1 heteroatoms. The van der Waals surface area contributed by atoms with Gasteiger partial charge in [-0.25, -0.2) is 0 Å². The summed E-state index contributed by atoms with van der Waals surface area (Å²) < 4.78 is 0. The molecule has 80 valence electrons. The fourth-order valence-electron chi connectivity index (χ4n) is 1.08. The van der Waals surface area contributed by atoms with Crippen molar-refractivity contribution in [1.29, 1.82) is 0 Å². The maximum absolute atomic E-state index is 4.02. The van der Waals surface area contributed by atoms with Gasteiger partial charge in [0.05, 0.1) is 0 Å². The summed E-state index contributed by atoms with van der Waals surface area (Å²) in [6.45, 7) is 9.28. The molecule has 0 amide bonds. The zero-order valence-corrected chi connectivity index (χ0v) is 9.77. The third-order valence-corrected chi connectivity index (χ3v) is 2.21. The van der Waals surface area contributed by atoms with Crippen LogP contribution in [0.15, 0.2) is 36.0 Å². The van der Waals surface area contributed by atoms with Crippen molar-refractivity contribution in [2.75, 3.05) is 13.6 Å². The molecule has 0 aliphatic carbocycles. The van der Waals surface area contributed by atoms with Crippen LogP contribution in [0.3, 0.4) is 0 Å². The van der Waals surface area contributed by atoms with E-state index in [1.807, 2.05) is 7.05 Å². The maximum atomic E-state index is 4.02. The van der Waals surface area contributed by atoms with Crippen LogP contribution >= 0.6 is 0 Å². The number of hydrogen-bond donors (Lipinski definition) is 1. The van der Waals surface area contributed by atoms with E-state index in [1.165, 1.54) is 24.0 Å². The van der Waals surface area contributed by atoms with Gasteiger partial charge in [0.1, 0.15) is 0 Å². The Bertz CT molecular complexity index is 211. The summed E-state index contributed by atoms with van der Waals surface area (Å²) in [5, 5.41) is 3.14. The first-order valence-corrected chi connectivity index (χ1v) is 5.34. The highest BCUT2D eigenvalue weighted by Gasteiger charge is 1.90. The first-order chi connectivity index (χ1) is 6.70. The van der Waals surface area contributed by atoms with Crippen molar-refractivity contribution in [2.24, 2.45) is 0 Å². The molecule has 0 bridgehead atoms. The molecule has 0 spiro atoms. The van der Waals surface area contributed by atoms with Gasteiger partial charge in [0.2, 0.25) is 0 Å². The van der Waals surface area contributed by atoms with E-state index in [2.05, 4.69) is 44.0 Å². The standard InChI is InChI=1S/C13H23N/c1-5-12(2)9-10-13(3)8-6-7-11-14-4/h5,9-10,14H,3,6-8,11H2,1-2,4H3/b10-9-,12-5-. The molecule has 0 fully saturated rings. The van der Waals surface area contributed by atoms with Gasteiger partial charge in [-0.2, -0.15) is 0 Å². The van der Waals surface area contributed by atoms with Gasteiger partial charge in [-0.05, 0) is 46.7 Å². The summed E-state index contributed by atoms with van der Waals surface area (Å²) in [6, 6.07) is 0. The molecular formula is C13H23N. The van der Waals surface area contributed by atoms with Gasteiger partial charge in [-0.3, -0.25) is 0 Å². The summed E-state index contributed by atoms with van der Waals surface area (Å²) in [5.74, 6) is 0. The van der Waals surface area contributed by atoms with Gasteiger partial charge in [0.15, 0.2) is 0 Å². The Labute approximate surface area is 88.6 Å². The summed E-state index contributed by atoms with van der Waals surface area (Å²) in [5.41, 5.74) is 2.52. The average molecular weight is 193 g/mol. The van der Waals surface area contributed by atoms with E-state index in [9.17, 15) is 0 Å². The van der Waals surface area contributed by atoms with Crippen molar-refractivity contribution in [3.8, 4) is 0 Å². The monoisotopic (exact) mass is 193 g/mol. The molecule has 0 aromatic heterocycles. The van der Waals surface area contributed by atoms with Gasteiger partial charge < -0.3 is 5.32 Å². The van der Waals surface area contributed by atoms with Crippen LogP contribution in [0.2, 0.25) is 0 Å². The topological polar surface area (TPSA) is 12.0 Å². The minimum Gasteiger partial charge on any atom is -0.320 e. The molecule has 0 rings (SSSR count). The predicted octanol–water partition coefficient (Wildman–Crippen LogP) is 3.45. The lowest BCUT2D eigenvalue weighted by Crippen LogP contribution is -2.06. The third kappa shape index (κ3) is 7.81. The van der Waals surface area contributed by atoms with Crippen LogP contribution in [0.5, 0.6) is 0 Å². The molecule has 0 aliphatic rings. The first kappa shape index (κ1) is 13.2. The summed E-state index contributed by atoms with van der Waals surface area (Å²) in [4.78, 5) is 0. The van der Waals surface area contributed by atoms with Gasteiger partial charge >= 0.3 is 0 Å². The molecule has 1 nitrogen and oxygen atoms in total. The van der Waals surface area contributed by atoms with E-state index < -0.39 is 0 Å². The van der Waals surface area contributed by atoms with E-state index >= 15 is 0 Å². The number of rotatable bonds is 7. The number of hydrogen-bond acceptors (Lipinski definition) is 1. The molecule has 0 saturated carbocycles. The van der Waals surface area contributed by atoms with Crippen LogP contribution in [0, 0.1) is 0 Å². The van der Waals surface area contributed by atoms with Crippen molar-refractivity contribution >= 4 is 0 Å². The van der Waals surface area contributed by atoms with E-state index in [1.54, 1.807) is 0 Å². The van der Waals surface area contributed by atoms with Crippen molar-refractivity contribution in [1.82, 2.24) is 5.32 Å². The molecule has 1 N–H and O–H groups in total. The van der Waals surface area contributed by atoms with Crippen LogP contribution in [0.4, 0.5) is 0 Å². The van der Waals surface area contributed by atoms with Crippen molar-refractivity contribution in [2.45, 2.75) is 33.1 Å². The van der Waals surface area contributed by atoms with Crippen LogP contribution < -0.4 is 5.32 Å². The number of unbranched alkanes of at least 4 members (excludes halogenated alkanes) is 1. The Kier molecular flexibility index (Phi) is 8.25. The molecule has 0 unspecified atom stereocenters. The van der Waals surface area contributed by atoms with E-state index in [-0.39, 0.29) is 0 Å². The van der Waals surface area contributed by atoms with Crippen LogP contribution in [0.1, 0.15) is 33.1 Å². The highest BCUT2D eigenvalue weighted by atomic mass is 14.8. The lowest BCUT2D eigenvalue weighted by atomic mass is 10.1. The zero-order chi connectivity index (χ0) is 10.8. The molecule has 0 saturated heterocycles. The van der Waals surface area contributed by atoms with Crippen LogP contribution in [-0.2, 0) is 0 Å². The Morgan fingerprint density at radius 3 is 2.57 bits per heavy atom. The highest BCUT2D eigenvalue weighted by Crippen LogP contribution is 2.07. The van der Waals surface area contributed by atoms with Crippen LogP contribution in [0.25, 0.3) is 0 Å².